The lowest BCUT2D eigenvalue weighted by Crippen LogP contribution is -2.37. The van der Waals surface area contributed by atoms with Crippen LogP contribution in [0.25, 0.3) is 0 Å². The van der Waals surface area contributed by atoms with Gasteiger partial charge < -0.3 is 19.7 Å². The van der Waals surface area contributed by atoms with Crippen LogP contribution in [0.4, 0.5) is 5.69 Å². The third-order valence-electron chi connectivity index (χ3n) is 4.39. The monoisotopic (exact) mass is 398 g/mol. The molecular weight excluding hydrogens is 372 g/mol. The lowest BCUT2D eigenvalue weighted by atomic mass is 9.97. The molecule has 7 heteroatoms. The highest BCUT2D eigenvalue weighted by Gasteiger charge is 2.22. The molecule has 0 aromatic heterocycles. The minimum atomic E-state index is -0.457. The summed E-state index contributed by atoms with van der Waals surface area (Å²) in [5, 5.41) is 2.70. The van der Waals surface area contributed by atoms with Gasteiger partial charge in [-0.3, -0.25) is 14.4 Å². The molecule has 7 nitrogen and oxygen atoms in total. The fourth-order valence-corrected chi connectivity index (χ4v) is 2.77. The van der Waals surface area contributed by atoms with Gasteiger partial charge in [0.15, 0.2) is 6.61 Å². The molecular formula is C22H26N2O5. The van der Waals surface area contributed by atoms with Crippen LogP contribution in [0.1, 0.15) is 24.8 Å². The molecule has 29 heavy (non-hydrogen) atoms. The summed E-state index contributed by atoms with van der Waals surface area (Å²) in [4.78, 5) is 37.9. The first-order chi connectivity index (χ1) is 13.9. The van der Waals surface area contributed by atoms with Crippen molar-refractivity contribution in [2.24, 2.45) is 0 Å². The zero-order valence-corrected chi connectivity index (χ0v) is 16.9. The van der Waals surface area contributed by atoms with Crippen LogP contribution in [0.15, 0.2) is 54.6 Å². The van der Waals surface area contributed by atoms with Crippen molar-refractivity contribution >= 4 is 23.5 Å². The van der Waals surface area contributed by atoms with Crippen LogP contribution in [0.2, 0.25) is 0 Å². The Kier molecular flexibility index (Phi) is 8.21. The number of likely N-dealkylation sites (N-methyl/N-ethyl adjacent to an activating group) is 1. The number of nitrogens with one attached hydrogen (secondary N) is 1. The Hall–Kier alpha value is -3.35. The molecule has 0 saturated heterocycles. The van der Waals surface area contributed by atoms with Crippen molar-refractivity contribution in [1.82, 2.24) is 4.90 Å². The summed E-state index contributed by atoms with van der Waals surface area (Å²) in [5.74, 6) is -1.09. The SMILES string of the molecule is CC[C@H](C(=O)OCC(=O)N(C)CC(=O)Nc1cccc(OC)c1)c1ccccc1. The van der Waals surface area contributed by atoms with E-state index in [-0.39, 0.29) is 12.5 Å². The van der Waals surface area contributed by atoms with Crippen molar-refractivity contribution in [2.75, 3.05) is 32.6 Å². The van der Waals surface area contributed by atoms with Gasteiger partial charge in [0.25, 0.3) is 5.91 Å². The maximum absolute atomic E-state index is 12.3. The predicted molar refractivity (Wildman–Crippen MR) is 110 cm³/mol. The van der Waals surface area contributed by atoms with Crippen molar-refractivity contribution in [1.29, 1.82) is 0 Å². The van der Waals surface area contributed by atoms with Crippen LogP contribution in [0, 0.1) is 0 Å². The van der Waals surface area contributed by atoms with Gasteiger partial charge in [0, 0.05) is 18.8 Å². The van der Waals surface area contributed by atoms with Crippen LogP contribution < -0.4 is 10.1 Å². The normalized spacial score (nSPS) is 11.3. The Bertz CT molecular complexity index is 838. The van der Waals surface area contributed by atoms with Gasteiger partial charge in [-0.2, -0.15) is 0 Å². The number of hydrogen-bond acceptors (Lipinski definition) is 5. The average Bonchev–Trinajstić information content (AvgIpc) is 2.73. The van der Waals surface area contributed by atoms with E-state index in [1.165, 1.54) is 19.1 Å². The molecule has 2 aromatic rings. The van der Waals surface area contributed by atoms with Gasteiger partial charge in [0.2, 0.25) is 5.91 Å². The van der Waals surface area contributed by atoms with Gasteiger partial charge in [-0.1, -0.05) is 43.3 Å². The molecule has 0 heterocycles. The number of hydrogen-bond donors (Lipinski definition) is 1. The molecule has 0 bridgehead atoms. The van der Waals surface area contributed by atoms with Crippen LogP contribution in [-0.2, 0) is 19.1 Å². The minimum absolute atomic E-state index is 0.163. The zero-order chi connectivity index (χ0) is 21.2. The molecule has 1 atom stereocenters. The van der Waals surface area contributed by atoms with E-state index in [1.54, 1.807) is 24.3 Å². The summed E-state index contributed by atoms with van der Waals surface area (Å²) in [6.07, 6.45) is 0.565. The summed E-state index contributed by atoms with van der Waals surface area (Å²) in [6.45, 7) is 1.31. The number of anilines is 1. The molecule has 154 valence electrons. The van der Waals surface area contributed by atoms with E-state index in [0.29, 0.717) is 17.9 Å². The molecule has 0 spiro atoms. The Morgan fingerprint density at radius 1 is 1.07 bits per heavy atom. The fraction of sp³-hybridized carbons (Fsp3) is 0.318. The molecule has 2 amide bonds. The van der Waals surface area contributed by atoms with Gasteiger partial charge in [-0.15, -0.1) is 0 Å². The van der Waals surface area contributed by atoms with E-state index >= 15 is 0 Å². The lowest BCUT2D eigenvalue weighted by Gasteiger charge is -2.18. The number of nitrogens with zero attached hydrogens (tertiary/aromatic N) is 1. The fourth-order valence-electron chi connectivity index (χ4n) is 2.77. The van der Waals surface area contributed by atoms with E-state index in [0.717, 1.165) is 5.56 Å². The smallest absolute Gasteiger partial charge is 0.313 e. The van der Waals surface area contributed by atoms with Gasteiger partial charge in [0.05, 0.1) is 19.6 Å². The van der Waals surface area contributed by atoms with Crippen LogP contribution in [-0.4, -0.2) is 50.0 Å². The second-order valence-corrected chi connectivity index (χ2v) is 6.51. The number of methoxy groups -OCH3 is 1. The van der Waals surface area contributed by atoms with Crippen LogP contribution in [0.5, 0.6) is 5.75 Å². The van der Waals surface area contributed by atoms with Crippen molar-refractivity contribution in [3.05, 3.63) is 60.2 Å². The maximum Gasteiger partial charge on any atom is 0.313 e. The summed E-state index contributed by atoms with van der Waals surface area (Å²) in [5.41, 5.74) is 1.41. The number of rotatable bonds is 9. The maximum atomic E-state index is 12.3. The van der Waals surface area contributed by atoms with E-state index < -0.39 is 24.4 Å². The standard InChI is InChI=1S/C22H26N2O5/c1-4-19(16-9-6-5-7-10-16)22(27)29-15-21(26)24(2)14-20(25)23-17-11-8-12-18(13-17)28-3/h5-13,19H,4,14-15H2,1-3H3,(H,23,25)/t19-/m0/s1. The summed E-state index contributed by atoms with van der Waals surface area (Å²) in [6, 6.07) is 16.2. The van der Waals surface area contributed by atoms with Gasteiger partial charge in [-0.05, 0) is 24.1 Å². The van der Waals surface area contributed by atoms with Crippen molar-refractivity contribution in [3.8, 4) is 5.75 Å². The minimum Gasteiger partial charge on any atom is -0.497 e. The van der Waals surface area contributed by atoms with Gasteiger partial charge >= 0.3 is 5.97 Å². The first kappa shape index (κ1) is 21.9. The molecule has 1 N–H and O–H groups in total. The lowest BCUT2D eigenvalue weighted by molar-refractivity contribution is -0.153. The third-order valence-corrected chi connectivity index (χ3v) is 4.39. The van der Waals surface area contributed by atoms with E-state index in [9.17, 15) is 14.4 Å². The van der Waals surface area contributed by atoms with Gasteiger partial charge in [-0.25, -0.2) is 0 Å². The predicted octanol–water partition coefficient (Wildman–Crippen LogP) is 2.83. The number of benzene rings is 2. The Labute approximate surface area is 170 Å². The summed E-state index contributed by atoms with van der Waals surface area (Å²) < 4.78 is 10.3. The molecule has 0 radical (unpaired) electrons. The van der Waals surface area contributed by atoms with E-state index in [1.807, 2.05) is 37.3 Å². The van der Waals surface area contributed by atoms with Crippen molar-refractivity contribution in [3.63, 3.8) is 0 Å². The molecule has 0 fully saturated rings. The number of esters is 1. The van der Waals surface area contributed by atoms with E-state index in [4.69, 9.17) is 9.47 Å². The molecule has 0 saturated carbocycles. The molecule has 0 aliphatic carbocycles. The Balaban J connectivity index is 1.83. The summed E-state index contributed by atoms with van der Waals surface area (Å²) in [7, 11) is 3.02. The second-order valence-electron chi connectivity index (χ2n) is 6.51. The number of carbonyl (C=O) groups excluding carboxylic acids is 3. The molecule has 0 aliphatic heterocycles. The Morgan fingerprint density at radius 2 is 1.79 bits per heavy atom. The molecule has 2 aromatic carbocycles. The second kappa shape index (κ2) is 10.8. The third kappa shape index (κ3) is 6.64. The highest BCUT2D eigenvalue weighted by molar-refractivity contribution is 5.95. The van der Waals surface area contributed by atoms with Crippen molar-refractivity contribution in [2.45, 2.75) is 19.3 Å². The van der Waals surface area contributed by atoms with Gasteiger partial charge in [0.1, 0.15) is 5.75 Å². The number of ether oxygens (including phenoxy) is 2. The topological polar surface area (TPSA) is 84.9 Å². The highest BCUT2D eigenvalue weighted by Crippen LogP contribution is 2.20. The zero-order valence-electron chi connectivity index (χ0n) is 16.9. The van der Waals surface area contributed by atoms with Crippen molar-refractivity contribution < 1.29 is 23.9 Å². The average molecular weight is 398 g/mol. The quantitative estimate of drug-likeness (QED) is 0.657. The molecule has 0 aliphatic rings. The first-order valence-electron chi connectivity index (χ1n) is 9.34. The molecule has 0 unspecified atom stereocenters. The van der Waals surface area contributed by atoms with Crippen LogP contribution in [0.3, 0.4) is 0 Å². The first-order valence-corrected chi connectivity index (χ1v) is 9.34. The largest absolute Gasteiger partial charge is 0.497 e. The number of amides is 2. The Morgan fingerprint density at radius 3 is 2.45 bits per heavy atom. The highest BCUT2D eigenvalue weighted by atomic mass is 16.5. The molecule has 2 rings (SSSR count). The number of carbonyl (C=O) groups is 3. The van der Waals surface area contributed by atoms with E-state index in [2.05, 4.69) is 5.32 Å². The summed E-state index contributed by atoms with van der Waals surface area (Å²) >= 11 is 0. The van der Waals surface area contributed by atoms with Crippen LogP contribution >= 0.6 is 0 Å².